The summed E-state index contributed by atoms with van der Waals surface area (Å²) in [4.78, 5) is 23.5. The van der Waals surface area contributed by atoms with Crippen molar-refractivity contribution in [2.45, 2.75) is 19.8 Å². The van der Waals surface area contributed by atoms with E-state index in [0.717, 1.165) is 41.8 Å². The van der Waals surface area contributed by atoms with E-state index in [1.165, 1.54) is 6.42 Å². The number of carbonyl (C=O) groups is 1. The zero-order valence-corrected chi connectivity index (χ0v) is 14.9. The van der Waals surface area contributed by atoms with E-state index in [9.17, 15) is 4.79 Å². The molecular weight excluding hydrogens is 324 g/mol. The molecule has 1 aromatic carbocycles. The number of aromatic nitrogens is 2. The number of fused-ring (bicyclic) bond motifs is 1. The molecule has 0 radical (unpaired) electrons. The summed E-state index contributed by atoms with van der Waals surface area (Å²) in [5.41, 5.74) is 3.15. The summed E-state index contributed by atoms with van der Waals surface area (Å²) in [5.74, 6) is 0.562. The molecule has 3 heterocycles. The topological polar surface area (TPSA) is 58.1 Å². The van der Waals surface area contributed by atoms with E-state index in [2.05, 4.69) is 22.2 Å². The van der Waals surface area contributed by atoms with Crippen molar-refractivity contribution in [2.24, 2.45) is 5.92 Å². The first-order valence-electron chi connectivity index (χ1n) is 9.07. The molecule has 1 N–H and O–H groups in total. The molecule has 0 spiro atoms. The lowest BCUT2D eigenvalue weighted by molar-refractivity contribution is 0.0677. The predicted octanol–water partition coefficient (Wildman–Crippen LogP) is 4.25. The number of likely N-dealkylation sites (tertiary alicyclic amines) is 1. The molecule has 1 amide bonds. The minimum atomic E-state index is 0.0104. The number of piperidine rings is 1. The molecule has 2 aromatic heterocycles. The summed E-state index contributed by atoms with van der Waals surface area (Å²) in [6.07, 6.45) is 5.72. The van der Waals surface area contributed by atoms with Crippen LogP contribution in [0, 0.1) is 5.92 Å². The minimum absolute atomic E-state index is 0.0104. The van der Waals surface area contributed by atoms with E-state index in [1.807, 2.05) is 47.4 Å². The second-order valence-electron chi connectivity index (χ2n) is 6.93. The number of rotatable bonds is 3. The van der Waals surface area contributed by atoms with E-state index in [0.29, 0.717) is 11.6 Å². The summed E-state index contributed by atoms with van der Waals surface area (Å²) in [5, 5.41) is 4.45. The maximum absolute atomic E-state index is 12.8. The third-order valence-electron chi connectivity index (χ3n) is 4.84. The molecular formula is C21H22N4O. The predicted molar refractivity (Wildman–Crippen MR) is 104 cm³/mol. The van der Waals surface area contributed by atoms with E-state index < -0.39 is 0 Å². The Morgan fingerprint density at radius 3 is 2.92 bits per heavy atom. The second kappa shape index (κ2) is 7.12. The Morgan fingerprint density at radius 1 is 1.15 bits per heavy atom. The summed E-state index contributed by atoms with van der Waals surface area (Å²) in [6.45, 7) is 3.82. The Hall–Kier alpha value is -2.95. The molecule has 1 unspecified atom stereocenters. The third kappa shape index (κ3) is 3.38. The average molecular weight is 346 g/mol. The molecule has 26 heavy (non-hydrogen) atoms. The van der Waals surface area contributed by atoms with Gasteiger partial charge < -0.3 is 10.2 Å². The molecule has 0 bridgehead atoms. The van der Waals surface area contributed by atoms with Crippen LogP contribution in [0.3, 0.4) is 0 Å². The van der Waals surface area contributed by atoms with Gasteiger partial charge in [-0.15, -0.1) is 0 Å². The van der Waals surface area contributed by atoms with Crippen LogP contribution < -0.4 is 5.32 Å². The normalized spacial score (nSPS) is 17.3. The van der Waals surface area contributed by atoms with Gasteiger partial charge in [-0.05, 0) is 43.0 Å². The van der Waals surface area contributed by atoms with Gasteiger partial charge in [0.25, 0.3) is 5.91 Å². The standard InChI is InChI=1S/C21H22N4O/c1-15-5-4-12-25(14-15)21(26)19-13-17(9-11-22-19)24-18-8-2-6-16-7-3-10-23-20(16)18/h2-3,6-11,13,15H,4-5,12,14H2,1H3,(H,22,24). The fourth-order valence-corrected chi connectivity index (χ4v) is 3.52. The van der Waals surface area contributed by atoms with Crippen molar-refractivity contribution in [1.29, 1.82) is 0 Å². The highest BCUT2D eigenvalue weighted by Gasteiger charge is 2.23. The smallest absolute Gasteiger partial charge is 0.272 e. The number of pyridine rings is 2. The Bertz CT molecular complexity index is 935. The summed E-state index contributed by atoms with van der Waals surface area (Å²) >= 11 is 0. The highest BCUT2D eigenvalue weighted by Crippen LogP contribution is 2.25. The van der Waals surface area contributed by atoms with Gasteiger partial charge in [-0.3, -0.25) is 14.8 Å². The highest BCUT2D eigenvalue weighted by atomic mass is 16.2. The number of carbonyl (C=O) groups excluding carboxylic acids is 1. The summed E-state index contributed by atoms with van der Waals surface area (Å²) < 4.78 is 0. The molecule has 1 fully saturated rings. The number of para-hydroxylation sites is 1. The number of anilines is 2. The van der Waals surface area contributed by atoms with Crippen LogP contribution in [-0.4, -0.2) is 33.9 Å². The van der Waals surface area contributed by atoms with Crippen LogP contribution in [0.4, 0.5) is 11.4 Å². The van der Waals surface area contributed by atoms with Gasteiger partial charge in [0.05, 0.1) is 11.2 Å². The monoisotopic (exact) mass is 346 g/mol. The Morgan fingerprint density at radius 2 is 2.04 bits per heavy atom. The van der Waals surface area contributed by atoms with Crippen molar-refractivity contribution in [1.82, 2.24) is 14.9 Å². The van der Waals surface area contributed by atoms with Gasteiger partial charge in [0.15, 0.2) is 0 Å². The van der Waals surface area contributed by atoms with Crippen molar-refractivity contribution in [3.63, 3.8) is 0 Å². The summed E-state index contributed by atoms with van der Waals surface area (Å²) in [7, 11) is 0. The van der Waals surface area contributed by atoms with Crippen LogP contribution in [0.2, 0.25) is 0 Å². The number of amides is 1. The van der Waals surface area contributed by atoms with Gasteiger partial charge in [0.2, 0.25) is 0 Å². The molecule has 1 atom stereocenters. The molecule has 0 saturated carbocycles. The van der Waals surface area contributed by atoms with Crippen molar-refractivity contribution in [3.05, 3.63) is 60.6 Å². The fourth-order valence-electron chi connectivity index (χ4n) is 3.52. The lowest BCUT2D eigenvalue weighted by Crippen LogP contribution is -2.39. The maximum atomic E-state index is 12.8. The van der Waals surface area contributed by atoms with E-state index in [-0.39, 0.29) is 5.91 Å². The van der Waals surface area contributed by atoms with Crippen LogP contribution >= 0.6 is 0 Å². The van der Waals surface area contributed by atoms with Gasteiger partial charge in [-0.25, -0.2) is 0 Å². The van der Waals surface area contributed by atoms with E-state index in [4.69, 9.17) is 0 Å². The second-order valence-corrected chi connectivity index (χ2v) is 6.93. The molecule has 1 saturated heterocycles. The molecule has 132 valence electrons. The molecule has 3 aromatic rings. The zero-order valence-electron chi connectivity index (χ0n) is 14.9. The number of nitrogens with one attached hydrogen (secondary N) is 1. The van der Waals surface area contributed by atoms with Gasteiger partial charge in [0, 0.05) is 36.6 Å². The number of hydrogen-bond acceptors (Lipinski definition) is 4. The highest BCUT2D eigenvalue weighted by molar-refractivity contribution is 5.95. The van der Waals surface area contributed by atoms with Gasteiger partial charge in [-0.2, -0.15) is 0 Å². The Balaban J connectivity index is 1.58. The number of benzene rings is 1. The van der Waals surface area contributed by atoms with Crippen molar-refractivity contribution in [3.8, 4) is 0 Å². The first-order chi connectivity index (χ1) is 12.7. The molecule has 5 heteroatoms. The minimum Gasteiger partial charge on any atom is -0.354 e. The van der Waals surface area contributed by atoms with Crippen LogP contribution in [0.1, 0.15) is 30.3 Å². The Kier molecular flexibility index (Phi) is 4.52. The molecule has 5 nitrogen and oxygen atoms in total. The third-order valence-corrected chi connectivity index (χ3v) is 4.84. The quantitative estimate of drug-likeness (QED) is 0.770. The van der Waals surface area contributed by atoms with Crippen LogP contribution in [0.5, 0.6) is 0 Å². The van der Waals surface area contributed by atoms with Crippen molar-refractivity contribution in [2.75, 3.05) is 18.4 Å². The zero-order chi connectivity index (χ0) is 17.9. The van der Waals surface area contributed by atoms with Gasteiger partial charge >= 0.3 is 0 Å². The fraction of sp³-hybridized carbons (Fsp3) is 0.286. The Labute approximate surface area is 153 Å². The van der Waals surface area contributed by atoms with Crippen LogP contribution in [-0.2, 0) is 0 Å². The van der Waals surface area contributed by atoms with Crippen LogP contribution in [0.15, 0.2) is 54.9 Å². The van der Waals surface area contributed by atoms with Gasteiger partial charge in [-0.1, -0.05) is 25.1 Å². The van der Waals surface area contributed by atoms with Gasteiger partial charge in [0.1, 0.15) is 5.69 Å². The van der Waals surface area contributed by atoms with Crippen LogP contribution in [0.25, 0.3) is 10.9 Å². The molecule has 4 rings (SSSR count). The molecule has 1 aliphatic heterocycles. The summed E-state index contributed by atoms with van der Waals surface area (Å²) in [6, 6.07) is 13.7. The molecule has 0 aliphatic carbocycles. The van der Waals surface area contributed by atoms with E-state index >= 15 is 0 Å². The first-order valence-corrected chi connectivity index (χ1v) is 9.07. The molecule has 1 aliphatic rings. The lowest BCUT2D eigenvalue weighted by Gasteiger charge is -2.30. The average Bonchev–Trinajstić information content (AvgIpc) is 2.68. The number of hydrogen-bond donors (Lipinski definition) is 1. The largest absolute Gasteiger partial charge is 0.354 e. The first kappa shape index (κ1) is 16.5. The number of nitrogens with zero attached hydrogens (tertiary/aromatic N) is 3. The maximum Gasteiger partial charge on any atom is 0.272 e. The van der Waals surface area contributed by atoms with Crippen molar-refractivity contribution < 1.29 is 4.79 Å². The van der Waals surface area contributed by atoms with E-state index in [1.54, 1.807) is 12.4 Å². The van der Waals surface area contributed by atoms with Crippen molar-refractivity contribution >= 4 is 28.2 Å². The lowest BCUT2D eigenvalue weighted by atomic mass is 10.00. The SMILES string of the molecule is CC1CCCN(C(=O)c2cc(Nc3cccc4cccnc34)ccn2)C1.